The van der Waals surface area contributed by atoms with Gasteiger partial charge in [-0.05, 0) is 58.1 Å². The minimum absolute atomic E-state index is 0.250. The van der Waals surface area contributed by atoms with Crippen LogP contribution in [0.4, 0.5) is 0 Å². The number of carboxylic acids is 1. The molecule has 2 heterocycles. The van der Waals surface area contributed by atoms with Gasteiger partial charge in [0.2, 0.25) is 0 Å². The molecule has 0 fully saturated rings. The number of carbonyl (C=O) groups is 2. The maximum Gasteiger partial charge on any atom is 0.325 e. The Morgan fingerprint density at radius 2 is 1.77 bits per heavy atom. The van der Waals surface area contributed by atoms with Gasteiger partial charge in [0.15, 0.2) is 5.75 Å². The second kappa shape index (κ2) is 6.19. The first kappa shape index (κ1) is 18.0. The zero-order chi connectivity index (χ0) is 19.3. The van der Waals surface area contributed by atoms with Crippen molar-refractivity contribution in [3.8, 4) is 5.75 Å². The monoisotopic (exact) mass is 361 g/mol. The highest BCUT2D eigenvalue weighted by Gasteiger charge is 2.31. The summed E-state index contributed by atoms with van der Waals surface area (Å²) >= 11 is 0. The zero-order valence-corrected chi connectivity index (χ0v) is 15.3. The van der Waals surface area contributed by atoms with Gasteiger partial charge in [0, 0.05) is 11.7 Å². The molecule has 140 valence electrons. The molecule has 0 bridgehead atoms. The third kappa shape index (κ3) is 2.48. The molecule has 0 saturated carbocycles. The Morgan fingerprint density at radius 3 is 2.35 bits per heavy atom. The van der Waals surface area contributed by atoms with Crippen LogP contribution in [0.15, 0.2) is 4.79 Å². The lowest BCUT2D eigenvalue weighted by Crippen LogP contribution is -2.42. The molecule has 8 heteroatoms. The Kier molecular flexibility index (Phi) is 4.29. The quantitative estimate of drug-likeness (QED) is 0.762. The maximum absolute atomic E-state index is 13.0. The van der Waals surface area contributed by atoms with E-state index in [1.165, 1.54) is 11.6 Å². The van der Waals surface area contributed by atoms with E-state index in [1.54, 1.807) is 4.52 Å². The highest BCUT2D eigenvalue weighted by Crippen LogP contribution is 2.36. The molecule has 3 rings (SSSR count). The van der Waals surface area contributed by atoms with E-state index in [4.69, 9.17) is 5.11 Å². The molecule has 1 atom stereocenters. The Balaban J connectivity index is 2.33. The second-order valence-electron chi connectivity index (χ2n) is 7.06. The topological polar surface area (TPSA) is 113 Å². The zero-order valence-electron chi connectivity index (χ0n) is 15.3. The molecule has 0 radical (unpaired) electrons. The van der Waals surface area contributed by atoms with E-state index < -0.39 is 29.0 Å². The molecule has 1 aliphatic rings. The van der Waals surface area contributed by atoms with Gasteiger partial charge in [0.05, 0.1) is 0 Å². The third-order valence-corrected chi connectivity index (χ3v) is 5.00. The van der Waals surface area contributed by atoms with E-state index in [-0.39, 0.29) is 11.8 Å². The number of fused-ring (bicyclic) bond motifs is 3. The molecule has 2 aromatic heterocycles. The molecular formula is C18H23N3O5. The van der Waals surface area contributed by atoms with Crippen LogP contribution in [-0.4, -0.2) is 37.3 Å². The fourth-order valence-corrected chi connectivity index (χ4v) is 3.77. The summed E-state index contributed by atoms with van der Waals surface area (Å²) in [5.74, 6) is -2.49. The number of nitrogens with zero attached hydrogens (tertiary/aromatic N) is 2. The van der Waals surface area contributed by atoms with Gasteiger partial charge >= 0.3 is 5.97 Å². The summed E-state index contributed by atoms with van der Waals surface area (Å²) in [6.07, 6.45) is 2.59. The maximum atomic E-state index is 13.0. The standard InChI is InChI=1S/C18H23N3O5/c1-8(2)20-17(24)13(16(23)19-9(3)18(25)26)15(22)14-12-7-5-6-11(12)10(4)21(14)20/h8-9,22H,5-7H2,1-4H3,(H,19,23)(H,25,26)/t9-/m0/s1. The van der Waals surface area contributed by atoms with Crippen molar-refractivity contribution < 1.29 is 19.8 Å². The summed E-state index contributed by atoms with van der Waals surface area (Å²) in [5, 5.41) is 22.1. The van der Waals surface area contributed by atoms with Gasteiger partial charge in [-0.25, -0.2) is 4.68 Å². The first-order valence-corrected chi connectivity index (χ1v) is 8.71. The van der Waals surface area contributed by atoms with Crippen molar-refractivity contribution in [2.45, 2.75) is 59.0 Å². The number of hydrogen-bond acceptors (Lipinski definition) is 4. The summed E-state index contributed by atoms with van der Waals surface area (Å²) in [4.78, 5) is 36.6. The lowest BCUT2D eigenvalue weighted by atomic mass is 10.1. The summed E-state index contributed by atoms with van der Waals surface area (Å²) < 4.78 is 3.15. The molecular weight excluding hydrogens is 338 g/mol. The normalized spacial score (nSPS) is 14.7. The van der Waals surface area contributed by atoms with Gasteiger partial charge in [-0.3, -0.25) is 18.9 Å². The van der Waals surface area contributed by atoms with E-state index >= 15 is 0 Å². The van der Waals surface area contributed by atoms with Gasteiger partial charge < -0.3 is 15.5 Å². The van der Waals surface area contributed by atoms with Crippen LogP contribution in [0.5, 0.6) is 5.75 Å². The number of amides is 1. The molecule has 2 aromatic rings. The molecule has 0 aromatic carbocycles. The highest BCUT2D eigenvalue weighted by atomic mass is 16.4. The van der Waals surface area contributed by atoms with Crippen LogP contribution in [-0.2, 0) is 17.6 Å². The largest absolute Gasteiger partial charge is 0.505 e. The summed E-state index contributed by atoms with van der Waals surface area (Å²) in [6.45, 7) is 6.85. The van der Waals surface area contributed by atoms with Gasteiger partial charge in [-0.1, -0.05) is 0 Å². The van der Waals surface area contributed by atoms with E-state index in [0.717, 1.165) is 36.1 Å². The number of carbonyl (C=O) groups excluding carboxylic acids is 1. The van der Waals surface area contributed by atoms with E-state index in [2.05, 4.69) is 5.32 Å². The summed E-state index contributed by atoms with van der Waals surface area (Å²) in [7, 11) is 0. The fourth-order valence-electron chi connectivity index (χ4n) is 3.77. The first-order valence-electron chi connectivity index (χ1n) is 8.71. The Morgan fingerprint density at radius 1 is 1.15 bits per heavy atom. The predicted molar refractivity (Wildman–Crippen MR) is 95.0 cm³/mol. The number of rotatable bonds is 4. The number of nitrogens with one attached hydrogen (secondary N) is 1. The summed E-state index contributed by atoms with van der Waals surface area (Å²) in [5.41, 5.74) is 2.36. The number of hydrogen-bond donors (Lipinski definition) is 3. The van der Waals surface area contributed by atoms with Gasteiger partial charge in [0.1, 0.15) is 17.1 Å². The van der Waals surface area contributed by atoms with Crippen LogP contribution in [0.25, 0.3) is 5.52 Å². The van der Waals surface area contributed by atoms with E-state index in [9.17, 15) is 19.5 Å². The number of carboxylic acid groups (broad SMARTS) is 1. The Hall–Kier alpha value is -2.77. The molecule has 8 nitrogen and oxygen atoms in total. The smallest absolute Gasteiger partial charge is 0.325 e. The molecule has 0 spiro atoms. The Bertz CT molecular complexity index is 983. The predicted octanol–water partition coefficient (Wildman–Crippen LogP) is 1.39. The van der Waals surface area contributed by atoms with Crippen LogP contribution in [0.2, 0.25) is 0 Å². The van der Waals surface area contributed by atoms with Crippen molar-refractivity contribution in [2.75, 3.05) is 0 Å². The van der Waals surface area contributed by atoms with Crippen LogP contribution in [0, 0.1) is 6.92 Å². The molecule has 26 heavy (non-hydrogen) atoms. The van der Waals surface area contributed by atoms with Crippen LogP contribution < -0.4 is 10.9 Å². The number of aromatic nitrogens is 2. The molecule has 3 N–H and O–H groups in total. The molecule has 0 saturated heterocycles. The first-order chi connectivity index (χ1) is 12.2. The average molecular weight is 361 g/mol. The van der Waals surface area contributed by atoms with E-state index in [0.29, 0.717) is 5.52 Å². The molecule has 0 unspecified atom stereocenters. The number of aliphatic carboxylic acids is 1. The van der Waals surface area contributed by atoms with Crippen LogP contribution in [0.3, 0.4) is 0 Å². The van der Waals surface area contributed by atoms with Crippen molar-refractivity contribution >= 4 is 17.4 Å². The second-order valence-corrected chi connectivity index (χ2v) is 7.06. The minimum Gasteiger partial charge on any atom is -0.505 e. The number of aromatic hydroxyl groups is 1. The Labute approximate surface area is 150 Å². The molecule has 1 aliphatic carbocycles. The number of aryl methyl sites for hydroxylation is 2. The van der Waals surface area contributed by atoms with Crippen molar-refractivity contribution in [3.63, 3.8) is 0 Å². The third-order valence-electron chi connectivity index (χ3n) is 5.00. The van der Waals surface area contributed by atoms with Crippen LogP contribution in [0.1, 0.15) is 60.4 Å². The van der Waals surface area contributed by atoms with Gasteiger partial charge in [0.25, 0.3) is 11.5 Å². The van der Waals surface area contributed by atoms with Crippen molar-refractivity contribution in [3.05, 3.63) is 32.7 Å². The van der Waals surface area contributed by atoms with Gasteiger partial charge in [-0.2, -0.15) is 0 Å². The highest BCUT2D eigenvalue weighted by molar-refractivity contribution is 6.00. The van der Waals surface area contributed by atoms with Crippen LogP contribution >= 0.6 is 0 Å². The SMILES string of the molecule is Cc1c2c(c3c(O)c(C(=O)N[C@@H](C)C(=O)O)c(=O)n(C(C)C)n13)CCC2. The van der Waals surface area contributed by atoms with Crippen molar-refractivity contribution in [1.82, 2.24) is 14.5 Å². The molecule has 1 amide bonds. The van der Waals surface area contributed by atoms with Crippen molar-refractivity contribution in [2.24, 2.45) is 0 Å². The lowest BCUT2D eigenvalue weighted by Gasteiger charge is -2.19. The summed E-state index contributed by atoms with van der Waals surface area (Å²) in [6, 6.07) is -1.43. The lowest BCUT2D eigenvalue weighted by molar-refractivity contribution is -0.138. The average Bonchev–Trinajstić information content (AvgIpc) is 3.10. The fraction of sp³-hybridized carbons (Fsp3) is 0.500. The minimum atomic E-state index is -1.22. The van der Waals surface area contributed by atoms with E-state index in [1.807, 2.05) is 20.8 Å². The van der Waals surface area contributed by atoms with Gasteiger partial charge in [-0.15, -0.1) is 0 Å². The van der Waals surface area contributed by atoms with Crippen molar-refractivity contribution in [1.29, 1.82) is 0 Å². The molecule has 0 aliphatic heterocycles.